The molecule has 0 spiro atoms. The first-order chi connectivity index (χ1) is 11.8. The van der Waals surface area contributed by atoms with E-state index >= 15 is 0 Å². The van der Waals surface area contributed by atoms with Crippen LogP contribution in [0.25, 0.3) is 22.4 Å². The Morgan fingerprint density at radius 3 is 2.67 bits per heavy atom. The minimum atomic E-state index is 0.762. The molecule has 1 aliphatic rings. The number of rotatable bonds is 4. The molecule has 0 saturated heterocycles. The Morgan fingerprint density at radius 2 is 1.83 bits per heavy atom. The van der Waals surface area contributed by atoms with Gasteiger partial charge in [0.1, 0.15) is 5.82 Å². The van der Waals surface area contributed by atoms with Gasteiger partial charge in [0.2, 0.25) is 0 Å². The predicted octanol–water partition coefficient (Wildman–Crippen LogP) is 6.33. The third-order valence-corrected chi connectivity index (χ3v) is 5.46. The molecule has 2 aromatic carbocycles. The number of fused-ring (bicyclic) bond motifs is 1. The van der Waals surface area contributed by atoms with Gasteiger partial charge in [0.05, 0.1) is 11.0 Å². The Hall–Kier alpha value is -1.80. The highest BCUT2D eigenvalue weighted by atomic mass is 35.5. The lowest BCUT2D eigenvalue weighted by Crippen LogP contribution is -2.10. The van der Waals surface area contributed by atoms with Crippen molar-refractivity contribution in [2.75, 3.05) is 0 Å². The molecular weight excluding hydrogens is 316 g/mol. The summed E-state index contributed by atoms with van der Waals surface area (Å²) < 4.78 is 2.38. The van der Waals surface area contributed by atoms with Gasteiger partial charge >= 0.3 is 0 Å². The average molecular weight is 339 g/mol. The Bertz CT molecular complexity index is 831. The highest BCUT2D eigenvalue weighted by Crippen LogP contribution is 2.30. The fraction of sp³-hybridized carbons (Fsp3) is 0.381. The lowest BCUT2D eigenvalue weighted by atomic mass is 9.87. The molecule has 0 aliphatic heterocycles. The predicted molar refractivity (Wildman–Crippen MR) is 101 cm³/mol. The van der Waals surface area contributed by atoms with Crippen LogP contribution in [-0.2, 0) is 6.54 Å². The van der Waals surface area contributed by atoms with Gasteiger partial charge in [-0.15, -0.1) is 0 Å². The van der Waals surface area contributed by atoms with Gasteiger partial charge in [0.15, 0.2) is 0 Å². The fourth-order valence-corrected chi connectivity index (χ4v) is 4.13. The van der Waals surface area contributed by atoms with Gasteiger partial charge in [-0.25, -0.2) is 4.98 Å². The van der Waals surface area contributed by atoms with Gasteiger partial charge in [-0.05, 0) is 36.6 Å². The molecular formula is C21H23ClN2. The Morgan fingerprint density at radius 1 is 1.00 bits per heavy atom. The van der Waals surface area contributed by atoms with E-state index in [4.69, 9.17) is 16.6 Å². The van der Waals surface area contributed by atoms with E-state index in [0.29, 0.717) is 0 Å². The number of aromatic nitrogens is 2. The van der Waals surface area contributed by atoms with Crippen molar-refractivity contribution in [2.24, 2.45) is 5.92 Å². The summed E-state index contributed by atoms with van der Waals surface area (Å²) in [6.45, 7) is 1.03. The zero-order valence-electron chi connectivity index (χ0n) is 13.9. The van der Waals surface area contributed by atoms with E-state index in [9.17, 15) is 0 Å². The summed E-state index contributed by atoms with van der Waals surface area (Å²) in [6, 6.07) is 16.5. The van der Waals surface area contributed by atoms with E-state index < -0.39 is 0 Å². The van der Waals surface area contributed by atoms with E-state index in [0.717, 1.165) is 34.4 Å². The van der Waals surface area contributed by atoms with Gasteiger partial charge in [0.25, 0.3) is 0 Å². The topological polar surface area (TPSA) is 17.8 Å². The van der Waals surface area contributed by atoms with Crippen molar-refractivity contribution in [3.63, 3.8) is 0 Å². The van der Waals surface area contributed by atoms with Crippen molar-refractivity contribution >= 4 is 22.6 Å². The van der Waals surface area contributed by atoms with Crippen LogP contribution in [0, 0.1) is 5.92 Å². The molecule has 0 amide bonds. The zero-order chi connectivity index (χ0) is 16.4. The average Bonchev–Trinajstić information content (AvgIpc) is 2.99. The normalized spacial score (nSPS) is 15.9. The largest absolute Gasteiger partial charge is 0.324 e. The number of benzene rings is 2. The standard InChI is InChI=1S/C21H23ClN2/c22-18-10-6-9-17(15-18)21-23-19-11-4-5-12-20(19)24(21)14-13-16-7-2-1-3-8-16/h4-6,9-12,15-16H,1-3,7-8,13-14H2. The third-order valence-electron chi connectivity index (χ3n) is 5.22. The second-order valence-electron chi connectivity index (χ2n) is 6.88. The summed E-state index contributed by atoms with van der Waals surface area (Å²) in [5.41, 5.74) is 3.39. The van der Waals surface area contributed by atoms with Crippen LogP contribution in [-0.4, -0.2) is 9.55 Å². The molecule has 1 aliphatic carbocycles. The molecule has 1 saturated carbocycles. The minimum absolute atomic E-state index is 0.762. The second-order valence-corrected chi connectivity index (χ2v) is 7.32. The summed E-state index contributed by atoms with van der Waals surface area (Å²) in [4.78, 5) is 4.89. The van der Waals surface area contributed by atoms with Crippen molar-refractivity contribution in [3.8, 4) is 11.4 Å². The van der Waals surface area contributed by atoms with Crippen LogP contribution >= 0.6 is 11.6 Å². The van der Waals surface area contributed by atoms with Crippen molar-refractivity contribution < 1.29 is 0 Å². The van der Waals surface area contributed by atoms with Crippen LogP contribution in [0.5, 0.6) is 0 Å². The van der Waals surface area contributed by atoms with Crippen LogP contribution in [0.1, 0.15) is 38.5 Å². The van der Waals surface area contributed by atoms with Crippen LogP contribution in [0.15, 0.2) is 48.5 Å². The highest BCUT2D eigenvalue weighted by Gasteiger charge is 2.17. The fourth-order valence-electron chi connectivity index (χ4n) is 3.94. The van der Waals surface area contributed by atoms with Gasteiger partial charge in [0, 0.05) is 17.1 Å². The van der Waals surface area contributed by atoms with Crippen LogP contribution < -0.4 is 0 Å². The summed E-state index contributed by atoms with van der Waals surface area (Å²) in [5, 5.41) is 0.762. The molecule has 24 heavy (non-hydrogen) atoms. The lowest BCUT2D eigenvalue weighted by molar-refractivity contribution is 0.326. The minimum Gasteiger partial charge on any atom is -0.324 e. The van der Waals surface area contributed by atoms with Crippen LogP contribution in [0.2, 0.25) is 5.02 Å². The molecule has 3 heteroatoms. The van der Waals surface area contributed by atoms with Gasteiger partial charge in [-0.1, -0.05) is 68.0 Å². The van der Waals surface area contributed by atoms with E-state index in [1.54, 1.807) is 0 Å². The Balaban J connectivity index is 1.70. The zero-order valence-corrected chi connectivity index (χ0v) is 14.7. The first kappa shape index (κ1) is 15.7. The third kappa shape index (κ3) is 3.21. The van der Waals surface area contributed by atoms with Gasteiger partial charge < -0.3 is 4.57 Å². The summed E-state index contributed by atoms with van der Waals surface area (Å²) in [7, 11) is 0. The van der Waals surface area contributed by atoms with Gasteiger partial charge in [-0.3, -0.25) is 0 Å². The Kier molecular flexibility index (Phi) is 4.57. The number of nitrogens with zero attached hydrogens (tertiary/aromatic N) is 2. The van der Waals surface area contributed by atoms with Gasteiger partial charge in [-0.2, -0.15) is 0 Å². The van der Waals surface area contributed by atoms with Crippen molar-refractivity contribution in [1.82, 2.24) is 9.55 Å². The summed E-state index contributed by atoms with van der Waals surface area (Å²) in [5.74, 6) is 1.90. The summed E-state index contributed by atoms with van der Waals surface area (Å²) in [6.07, 6.45) is 8.23. The molecule has 0 unspecified atom stereocenters. The quantitative estimate of drug-likeness (QED) is 0.543. The van der Waals surface area contributed by atoms with E-state index in [1.807, 2.05) is 18.2 Å². The Labute approximate surface area is 148 Å². The number of hydrogen-bond acceptors (Lipinski definition) is 1. The van der Waals surface area contributed by atoms with Crippen molar-refractivity contribution in [1.29, 1.82) is 0 Å². The molecule has 1 aromatic heterocycles. The molecule has 0 atom stereocenters. The summed E-state index contributed by atoms with van der Waals surface area (Å²) >= 11 is 6.21. The molecule has 2 nitrogen and oxygen atoms in total. The molecule has 1 heterocycles. The van der Waals surface area contributed by atoms with Crippen molar-refractivity contribution in [2.45, 2.75) is 45.1 Å². The number of imidazole rings is 1. The lowest BCUT2D eigenvalue weighted by Gasteiger charge is -2.22. The van der Waals surface area contributed by atoms with Crippen LogP contribution in [0.3, 0.4) is 0 Å². The van der Waals surface area contributed by atoms with E-state index in [1.165, 1.54) is 44.0 Å². The van der Waals surface area contributed by atoms with E-state index in [-0.39, 0.29) is 0 Å². The van der Waals surface area contributed by atoms with Crippen molar-refractivity contribution in [3.05, 3.63) is 53.6 Å². The molecule has 1 fully saturated rings. The molecule has 0 bridgehead atoms. The number of halogens is 1. The maximum absolute atomic E-state index is 6.21. The number of aryl methyl sites for hydroxylation is 1. The molecule has 3 aromatic rings. The smallest absolute Gasteiger partial charge is 0.141 e. The molecule has 4 rings (SSSR count). The molecule has 124 valence electrons. The second kappa shape index (κ2) is 6.98. The maximum Gasteiger partial charge on any atom is 0.141 e. The first-order valence-corrected chi connectivity index (χ1v) is 9.40. The molecule has 0 N–H and O–H groups in total. The number of para-hydroxylation sites is 2. The number of hydrogen-bond donors (Lipinski definition) is 0. The van der Waals surface area contributed by atoms with E-state index in [2.05, 4.69) is 34.9 Å². The SMILES string of the molecule is Clc1cccc(-c2nc3ccccc3n2CCC2CCCCC2)c1. The highest BCUT2D eigenvalue weighted by molar-refractivity contribution is 6.30. The molecule has 0 radical (unpaired) electrons. The maximum atomic E-state index is 6.21. The monoisotopic (exact) mass is 338 g/mol. The van der Waals surface area contributed by atoms with Crippen LogP contribution in [0.4, 0.5) is 0 Å². The first-order valence-electron chi connectivity index (χ1n) is 9.02.